The molecule has 10 heteroatoms. The van der Waals surface area contributed by atoms with E-state index in [-0.39, 0.29) is 17.5 Å². The number of hydrogen-bond donors (Lipinski definition) is 1. The van der Waals surface area contributed by atoms with Crippen LogP contribution < -0.4 is 4.72 Å². The lowest BCUT2D eigenvalue weighted by Crippen LogP contribution is -2.21. The molecular formula is C8H10ClN3O5S. The molecule has 0 saturated carbocycles. The number of nitro groups is 1. The number of sulfonamides is 1. The quantitative estimate of drug-likeness (QED) is 0.476. The molecule has 0 bridgehead atoms. The Labute approximate surface area is 108 Å². The molecule has 0 radical (unpaired) electrons. The second-order valence-electron chi connectivity index (χ2n) is 3.17. The van der Waals surface area contributed by atoms with E-state index >= 15 is 0 Å². The van der Waals surface area contributed by atoms with Crippen LogP contribution in [0.25, 0.3) is 0 Å². The minimum Gasteiger partial charge on any atom is -0.384 e. The van der Waals surface area contributed by atoms with Gasteiger partial charge in [-0.15, -0.1) is 0 Å². The summed E-state index contributed by atoms with van der Waals surface area (Å²) in [5, 5.41) is 10.6. The second-order valence-corrected chi connectivity index (χ2v) is 5.40. The summed E-state index contributed by atoms with van der Waals surface area (Å²) in [5.41, 5.74) is -0.472. The largest absolute Gasteiger partial charge is 0.384 e. The van der Waals surface area contributed by atoms with Crippen molar-refractivity contribution < 1.29 is 18.1 Å². The number of hydrogen-bond acceptors (Lipinski definition) is 6. The summed E-state index contributed by atoms with van der Waals surface area (Å²) >= 11 is 5.56. The van der Waals surface area contributed by atoms with Crippen LogP contribution in [0.1, 0.15) is 0 Å². The molecule has 8 nitrogen and oxygen atoms in total. The average molecular weight is 296 g/mol. The Bertz CT molecular complexity index is 548. The van der Waals surface area contributed by atoms with Gasteiger partial charge in [-0.2, -0.15) is 0 Å². The normalized spacial score (nSPS) is 11.2. The molecule has 0 aromatic carbocycles. The molecule has 100 valence electrons. The van der Waals surface area contributed by atoms with Gasteiger partial charge in [0, 0.05) is 13.2 Å². The zero-order chi connectivity index (χ0) is 13.8. The van der Waals surface area contributed by atoms with Crippen LogP contribution in [0.5, 0.6) is 0 Å². The molecule has 0 unspecified atom stereocenters. The third-order valence-electron chi connectivity index (χ3n) is 1.85. The van der Waals surface area contributed by atoms with Crippen LogP contribution in [-0.2, 0) is 14.8 Å². The van der Waals surface area contributed by atoms with Crippen molar-refractivity contribution >= 4 is 33.1 Å². The van der Waals surface area contributed by atoms with Crippen molar-refractivity contribution in [3.8, 4) is 0 Å². The molecular weight excluding hydrogens is 286 g/mol. The number of rotatable bonds is 6. The van der Waals surface area contributed by atoms with E-state index in [9.17, 15) is 18.5 Å². The molecule has 0 saturated heterocycles. The van der Waals surface area contributed by atoms with E-state index < -0.39 is 26.5 Å². The minimum atomic E-state index is -3.77. The van der Waals surface area contributed by atoms with Crippen LogP contribution in [0.3, 0.4) is 0 Å². The smallest absolute Gasteiger partial charge is 0.312 e. The molecule has 0 aliphatic rings. The standard InChI is InChI=1S/C8H10ClN3O5S/c1-17-4-5-18(15,16)11-8-6(12(13)14)2-3-7(9)10-8/h2-3H,4-5H2,1H3,(H,10,11). The van der Waals surface area contributed by atoms with Crippen molar-refractivity contribution in [1.82, 2.24) is 4.98 Å². The molecule has 0 fully saturated rings. The zero-order valence-electron chi connectivity index (χ0n) is 9.29. The molecule has 0 amide bonds. The number of ether oxygens (including phenoxy) is 1. The van der Waals surface area contributed by atoms with Crippen molar-refractivity contribution in [3.05, 3.63) is 27.4 Å². The van der Waals surface area contributed by atoms with Crippen LogP contribution in [0, 0.1) is 10.1 Å². The number of pyridine rings is 1. The number of anilines is 1. The van der Waals surface area contributed by atoms with Gasteiger partial charge in [0.1, 0.15) is 5.15 Å². The van der Waals surface area contributed by atoms with Crippen molar-refractivity contribution in [2.75, 3.05) is 24.2 Å². The third kappa shape index (κ3) is 4.09. The lowest BCUT2D eigenvalue weighted by atomic mass is 10.4. The summed E-state index contributed by atoms with van der Waals surface area (Å²) in [5.74, 6) is -0.752. The maximum Gasteiger partial charge on any atom is 0.312 e. The van der Waals surface area contributed by atoms with Gasteiger partial charge in [-0.05, 0) is 6.07 Å². The van der Waals surface area contributed by atoms with Gasteiger partial charge in [-0.1, -0.05) is 11.6 Å². The maximum absolute atomic E-state index is 11.5. The molecule has 18 heavy (non-hydrogen) atoms. The first-order chi connectivity index (χ1) is 8.35. The van der Waals surface area contributed by atoms with E-state index in [2.05, 4.69) is 9.72 Å². The van der Waals surface area contributed by atoms with Crippen LogP contribution in [-0.4, -0.2) is 37.8 Å². The number of nitrogens with zero attached hydrogens (tertiary/aromatic N) is 2. The third-order valence-corrected chi connectivity index (χ3v) is 3.26. The SMILES string of the molecule is COCCS(=O)(=O)Nc1nc(Cl)ccc1[N+](=O)[O-]. The topological polar surface area (TPSA) is 111 Å². The van der Waals surface area contributed by atoms with Gasteiger partial charge >= 0.3 is 5.69 Å². The van der Waals surface area contributed by atoms with Gasteiger partial charge in [0.2, 0.25) is 15.8 Å². The molecule has 1 aromatic rings. The van der Waals surface area contributed by atoms with Gasteiger partial charge in [0.15, 0.2) is 0 Å². The van der Waals surface area contributed by atoms with Gasteiger partial charge < -0.3 is 4.74 Å². The molecule has 1 rings (SSSR count). The van der Waals surface area contributed by atoms with E-state index in [4.69, 9.17) is 11.6 Å². The van der Waals surface area contributed by atoms with Crippen LogP contribution >= 0.6 is 11.6 Å². The molecule has 1 N–H and O–H groups in total. The van der Waals surface area contributed by atoms with Crippen molar-refractivity contribution in [3.63, 3.8) is 0 Å². The summed E-state index contributed by atoms with van der Waals surface area (Å²) in [6, 6.07) is 2.27. The van der Waals surface area contributed by atoms with E-state index in [0.717, 1.165) is 6.07 Å². The Morgan fingerprint density at radius 2 is 2.22 bits per heavy atom. The lowest BCUT2D eigenvalue weighted by molar-refractivity contribution is -0.384. The number of halogens is 1. The Morgan fingerprint density at radius 3 is 2.78 bits per heavy atom. The summed E-state index contributed by atoms with van der Waals surface area (Å²) < 4.78 is 29.7. The molecule has 0 aliphatic carbocycles. The molecule has 0 atom stereocenters. The van der Waals surface area contributed by atoms with Gasteiger partial charge in [-0.3, -0.25) is 14.8 Å². The lowest BCUT2D eigenvalue weighted by Gasteiger charge is -2.07. The summed E-state index contributed by atoms with van der Waals surface area (Å²) in [4.78, 5) is 13.5. The highest BCUT2D eigenvalue weighted by atomic mass is 35.5. The van der Waals surface area contributed by atoms with E-state index in [1.54, 1.807) is 0 Å². The van der Waals surface area contributed by atoms with Gasteiger partial charge in [-0.25, -0.2) is 13.4 Å². The van der Waals surface area contributed by atoms with Crippen LogP contribution in [0.15, 0.2) is 12.1 Å². The summed E-state index contributed by atoms with van der Waals surface area (Å²) in [6.45, 7) is -0.0380. The van der Waals surface area contributed by atoms with E-state index in [1.165, 1.54) is 13.2 Å². The maximum atomic E-state index is 11.5. The fourth-order valence-electron chi connectivity index (χ4n) is 1.04. The van der Waals surface area contributed by atoms with Crippen molar-refractivity contribution in [1.29, 1.82) is 0 Å². The second kappa shape index (κ2) is 5.94. The fourth-order valence-corrected chi connectivity index (χ4v) is 2.12. The number of nitrogens with one attached hydrogen (secondary N) is 1. The first-order valence-electron chi connectivity index (χ1n) is 4.66. The number of methoxy groups -OCH3 is 1. The van der Waals surface area contributed by atoms with E-state index in [1.807, 2.05) is 4.72 Å². The van der Waals surface area contributed by atoms with E-state index in [0.29, 0.717) is 0 Å². The highest BCUT2D eigenvalue weighted by Crippen LogP contribution is 2.24. The molecule has 0 spiro atoms. The molecule has 1 aromatic heterocycles. The fraction of sp³-hybridized carbons (Fsp3) is 0.375. The summed E-state index contributed by atoms with van der Waals surface area (Å²) in [7, 11) is -2.43. The Kier molecular flexibility index (Phi) is 4.82. The highest BCUT2D eigenvalue weighted by molar-refractivity contribution is 7.92. The monoisotopic (exact) mass is 295 g/mol. The first-order valence-corrected chi connectivity index (χ1v) is 6.69. The molecule has 1 heterocycles. The zero-order valence-corrected chi connectivity index (χ0v) is 10.9. The Hall–Kier alpha value is -1.45. The van der Waals surface area contributed by atoms with Crippen molar-refractivity contribution in [2.45, 2.75) is 0 Å². The van der Waals surface area contributed by atoms with Crippen LogP contribution in [0.4, 0.5) is 11.5 Å². The predicted molar refractivity (Wildman–Crippen MR) is 65.2 cm³/mol. The highest BCUT2D eigenvalue weighted by Gasteiger charge is 2.20. The number of aromatic nitrogens is 1. The minimum absolute atomic E-state index is 0.0380. The predicted octanol–water partition coefficient (Wildman–Crippen LogP) is 1.03. The average Bonchev–Trinajstić information content (AvgIpc) is 2.25. The van der Waals surface area contributed by atoms with Crippen molar-refractivity contribution in [2.24, 2.45) is 0 Å². The Balaban J connectivity index is 3.02. The Morgan fingerprint density at radius 1 is 1.56 bits per heavy atom. The van der Waals surface area contributed by atoms with Crippen LogP contribution in [0.2, 0.25) is 5.15 Å². The van der Waals surface area contributed by atoms with Gasteiger partial charge in [0.05, 0.1) is 17.3 Å². The van der Waals surface area contributed by atoms with Gasteiger partial charge in [0.25, 0.3) is 0 Å². The first kappa shape index (κ1) is 14.6. The molecule has 0 aliphatic heterocycles. The summed E-state index contributed by atoms with van der Waals surface area (Å²) in [6.07, 6.45) is 0.